The fourth-order valence-corrected chi connectivity index (χ4v) is 4.42. The molecule has 32 heavy (non-hydrogen) atoms. The van der Waals surface area contributed by atoms with E-state index in [1.807, 2.05) is 30.3 Å². The van der Waals surface area contributed by atoms with Gasteiger partial charge in [-0.25, -0.2) is 9.78 Å². The average Bonchev–Trinajstić information content (AvgIpc) is 3.28. The lowest BCUT2D eigenvalue weighted by atomic mass is 9.97. The Morgan fingerprint density at radius 2 is 2.06 bits per heavy atom. The molecule has 8 nitrogen and oxygen atoms in total. The van der Waals surface area contributed by atoms with Gasteiger partial charge in [0.05, 0.1) is 18.2 Å². The van der Waals surface area contributed by atoms with Crippen LogP contribution in [0.1, 0.15) is 35.8 Å². The molecule has 1 atom stereocenters. The van der Waals surface area contributed by atoms with Gasteiger partial charge in [0.15, 0.2) is 16.6 Å². The predicted octanol–water partition coefficient (Wildman–Crippen LogP) is 3.94. The first-order chi connectivity index (χ1) is 15.5. The van der Waals surface area contributed by atoms with Gasteiger partial charge in [0.1, 0.15) is 0 Å². The molecule has 3 heterocycles. The van der Waals surface area contributed by atoms with Crippen molar-refractivity contribution in [3.8, 4) is 11.3 Å². The monoisotopic (exact) mass is 451 g/mol. The van der Waals surface area contributed by atoms with Crippen molar-refractivity contribution in [3.05, 3.63) is 53.0 Å². The highest BCUT2D eigenvalue weighted by Crippen LogP contribution is 2.26. The number of nitrogens with zero attached hydrogens (tertiary/aromatic N) is 4. The lowest BCUT2D eigenvalue weighted by Crippen LogP contribution is -2.41. The summed E-state index contributed by atoms with van der Waals surface area (Å²) in [7, 11) is 0. The van der Waals surface area contributed by atoms with Gasteiger partial charge in [0, 0.05) is 24.0 Å². The number of amides is 1. The third-order valence-electron chi connectivity index (χ3n) is 5.41. The number of hydrogen-bond donors (Lipinski definition) is 1. The van der Waals surface area contributed by atoms with E-state index in [0.717, 1.165) is 42.0 Å². The number of carbonyl (C=O) groups excluding carboxylic acids is 2. The molecule has 166 valence electrons. The second-order valence-electron chi connectivity index (χ2n) is 7.62. The minimum absolute atomic E-state index is 0.107. The highest BCUT2D eigenvalue weighted by atomic mass is 32.1. The lowest BCUT2D eigenvalue weighted by molar-refractivity contribution is -0.120. The van der Waals surface area contributed by atoms with Crippen LogP contribution in [0.25, 0.3) is 11.3 Å². The standard InChI is InChI=1S/C23H25N5O3S/c1-3-31-22(30)19-14-32-23(24-19)25-21(29)16-8-6-12-28(13-16)20-11-10-18(26-27-20)17-9-5-4-7-15(17)2/h4-5,7,9-11,14,16H,3,6,8,12-13H2,1-2H3,(H,24,25,29). The number of anilines is 2. The summed E-state index contributed by atoms with van der Waals surface area (Å²) < 4.78 is 4.94. The molecule has 0 saturated carbocycles. The van der Waals surface area contributed by atoms with E-state index in [-0.39, 0.29) is 24.1 Å². The molecule has 1 aliphatic rings. The number of benzene rings is 1. The Kier molecular flexibility index (Phi) is 6.75. The summed E-state index contributed by atoms with van der Waals surface area (Å²) >= 11 is 1.21. The molecular weight excluding hydrogens is 426 g/mol. The fraction of sp³-hybridized carbons (Fsp3) is 0.348. The molecule has 9 heteroatoms. The number of esters is 1. The van der Waals surface area contributed by atoms with Crippen molar-refractivity contribution in [1.82, 2.24) is 15.2 Å². The van der Waals surface area contributed by atoms with E-state index in [4.69, 9.17) is 4.74 Å². The van der Waals surface area contributed by atoms with E-state index in [0.29, 0.717) is 11.7 Å². The van der Waals surface area contributed by atoms with Crippen molar-refractivity contribution in [2.24, 2.45) is 5.92 Å². The van der Waals surface area contributed by atoms with Crippen LogP contribution in [0, 0.1) is 12.8 Å². The largest absolute Gasteiger partial charge is 0.461 e. The Labute approximate surface area is 190 Å². The molecule has 4 rings (SSSR count). The second-order valence-corrected chi connectivity index (χ2v) is 8.48. The number of carbonyl (C=O) groups is 2. The van der Waals surface area contributed by atoms with Crippen molar-refractivity contribution in [3.63, 3.8) is 0 Å². The van der Waals surface area contributed by atoms with Gasteiger partial charge < -0.3 is 15.0 Å². The van der Waals surface area contributed by atoms with Crippen LogP contribution >= 0.6 is 11.3 Å². The van der Waals surface area contributed by atoms with Crippen LogP contribution in [-0.2, 0) is 9.53 Å². The molecule has 0 radical (unpaired) electrons. The maximum atomic E-state index is 12.8. The van der Waals surface area contributed by atoms with Crippen molar-refractivity contribution >= 4 is 34.2 Å². The third-order valence-corrected chi connectivity index (χ3v) is 6.16. The molecule has 3 aromatic rings. The van der Waals surface area contributed by atoms with Gasteiger partial charge in [-0.3, -0.25) is 4.79 Å². The number of piperidine rings is 1. The quantitative estimate of drug-likeness (QED) is 0.567. The molecule has 0 spiro atoms. The highest BCUT2D eigenvalue weighted by Gasteiger charge is 2.27. The molecule has 1 amide bonds. The Bertz CT molecular complexity index is 1100. The third kappa shape index (κ3) is 4.94. The van der Waals surface area contributed by atoms with E-state index in [1.165, 1.54) is 11.3 Å². The Hall–Kier alpha value is -3.33. The SMILES string of the molecule is CCOC(=O)c1csc(NC(=O)C2CCCN(c3ccc(-c4ccccc4C)nn3)C2)n1. The summed E-state index contributed by atoms with van der Waals surface area (Å²) in [4.78, 5) is 30.8. The van der Waals surface area contributed by atoms with Crippen LogP contribution in [0.15, 0.2) is 41.8 Å². The number of hydrogen-bond acceptors (Lipinski definition) is 8. The minimum atomic E-state index is -0.485. The van der Waals surface area contributed by atoms with Crippen molar-refractivity contribution in [2.75, 3.05) is 29.9 Å². The number of rotatable bonds is 6. The zero-order chi connectivity index (χ0) is 22.5. The van der Waals surface area contributed by atoms with Gasteiger partial charge >= 0.3 is 5.97 Å². The second kappa shape index (κ2) is 9.86. The summed E-state index contributed by atoms with van der Waals surface area (Å²) in [6.07, 6.45) is 1.67. The molecular formula is C23H25N5O3S. The van der Waals surface area contributed by atoms with Crippen molar-refractivity contribution in [1.29, 1.82) is 0 Å². The van der Waals surface area contributed by atoms with Crippen LogP contribution in [0.5, 0.6) is 0 Å². The number of aromatic nitrogens is 3. The molecule has 1 fully saturated rings. The van der Waals surface area contributed by atoms with Crippen molar-refractivity contribution in [2.45, 2.75) is 26.7 Å². The maximum absolute atomic E-state index is 12.8. The predicted molar refractivity (Wildman–Crippen MR) is 124 cm³/mol. The van der Waals surface area contributed by atoms with E-state index in [2.05, 4.69) is 38.4 Å². The molecule has 1 aromatic carbocycles. The summed E-state index contributed by atoms with van der Waals surface area (Å²) in [5, 5.41) is 13.7. The van der Waals surface area contributed by atoms with Gasteiger partial charge in [-0.1, -0.05) is 24.3 Å². The number of ether oxygens (including phenoxy) is 1. The smallest absolute Gasteiger partial charge is 0.357 e. The first-order valence-electron chi connectivity index (χ1n) is 10.6. The normalized spacial score (nSPS) is 15.9. The molecule has 1 aliphatic heterocycles. The van der Waals surface area contributed by atoms with E-state index < -0.39 is 5.97 Å². The zero-order valence-electron chi connectivity index (χ0n) is 18.1. The molecule has 1 saturated heterocycles. The average molecular weight is 452 g/mol. The molecule has 0 aliphatic carbocycles. The zero-order valence-corrected chi connectivity index (χ0v) is 18.9. The van der Waals surface area contributed by atoms with Crippen LogP contribution in [-0.4, -0.2) is 46.8 Å². The number of nitrogens with one attached hydrogen (secondary N) is 1. The highest BCUT2D eigenvalue weighted by molar-refractivity contribution is 7.14. The summed E-state index contributed by atoms with van der Waals surface area (Å²) in [5.74, 6) is -0.0278. The number of thiazole rings is 1. The molecule has 2 aromatic heterocycles. The van der Waals surface area contributed by atoms with Gasteiger partial charge in [-0.2, -0.15) is 0 Å². The number of aryl methyl sites for hydroxylation is 1. The Morgan fingerprint density at radius 1 is 1.22 bits per heavy atom. The molecule has 1 unspecified atom stereocenters. The van der Waals surface area contributed by atoms with Gasteiger partial charge in [-0.05, 0) is 44.4 Å². The van der Waals surface area contributed by atoms with Crippen LogP contribution in [0.3, 0.4) is 0 Å². The van der Waals surface area contributed by atoms with E-state index >= 15 is 0 Å². The van der Waals surface area contributed by atoms with Gasteiger partial charge in [0.25, 0.3) is 0 Å². The summed E-state index contributed by atoms with van der Waals surface area (Å²) in [6, 6.07) is 12.0. The minimum Gasteiger partial charge on any atom is -0.461 e. The van der Waals surface area contributed by atoms with Crippen LogP contribution in [0.4, 0.5) is 10.9 Å². The fourth-order valence-electron chi connectivity index (χ4n) is 3.73. The van der Waals surface area contributed by atoms with Crippen LogP contribution in [0.2, 0.25) is 0 Å². The first kappa shape index (κ1) is 21.9. The van der Waals surface area contributed by atoms with Crippen molar-refractivity contribution < 1.29 is 14.3 Å². The van der Waals surface area contributed by atoms with E-state index in [9.17, 15) is 9.59 Å². The summed E-state index contributed by atoms with van der Waals surface area (Å²) in [5.41, 5.74) is 3.26. The van der Waals surface area contributed by atoms with Crippen LogP contribution < -0.4 is 10.2 Å². The van der Waals surface area contributed by atoms with Gasteiger partial charge in [0.2, 0.25) is 5.91 Å². The Morgan fingerprint density at radius 3 is 2.81 bits per heavy atom. The topological polar surface area (TPSA) is 97.3 Å². The van der Waals surface area contributed by atoms with E-state index in [1.54, 1.807) is 12.3 Å². The van der Waals surface area contributed by atoms with Gasteiger partial charge in [-0.15, -0.1) is 21.5 Å². The maximum Gasteiger partial charge on any atom is 0.357 e. The molecule has 1 N–H and O–H groups in total. The Balaban J connectivity index is 1.39. The lowest BCUT2D eigenvalue weighted by Gasteiger charge is -2.32. The first-order valence-corrected chi connectivity index (χ1v) is 11.5. The molecule has 0 bridgehead atoms. The summed E-state index contributed by atoms with van der Waals surface area (Å²) in [6.45, 7) is 5.46.